The molecule has 7 nitrogen and oxygen atoms in total. The van der Waals surface area contributed by atoms with Crippen molar-refractivity contribution in [3.05, 3.63) is 71.8 Å². The van der Waals surface area contributed by atoms with Crippen molar-refractivity contribution in [3.8, 4) is 0 Å². The fourth-order valence-electron chi connectivity index (χ4n) is 3.58. The summed E-state index contributed by atoms with van der Waals surface area (Å²) < 4.78 is 26.8. The van der Waals surface area contributed by atoms with Crippen LogP contribution in [-0.2, 0) is 25.4 Å². The van der Waals surface area contributed by atoms with E-state index in [1.165, 1.54) is 11.2 Å². The van der Waals surface area contributed by atoms with Gasteiger partial charge in [0.1, 0.15) is 0 Å². The Balaban J connectivity index is 1.58. The molecule has 1 aliphatic rings. The third-order valence-corrected chi connectivity index (χ3v) is 6.98. The average Bonchev–Trinajstić information content (AvgIpc) is 2.74. The van der Waals surface area contributed by atoms with Crippen LogP contribution in [0.3, 0.4) is 0 Å². The lowest BCUT2D eigenvalue weighted by Gasteiger charge is -2.34. The molecule has 0 aromatic heterocycles. The molecule has 1 fully saturated rings. The number of nitrogens with one attached hydrogen (secondary N) is 1. The lowest BCUT2D eigenvalue weighted by atomic mass is 10.0. The third kappa shape index (κ3) is 5.90. The second kappa shape index (κ2) is 9.86. The Bertz CT molecular complexity index is 956. The molecule has 160 valence electrons. The summed E-state index contributed by atoms with van der Waals surface area (Å²) in [4.78, 5) is 26.1. The minimum absolute atomic E-state index is 0.0413. The maximum atomic E-state index is 12.8. The van der Waals surface area contributed by atoms with Crippen molar-refractivity contribution in [3.63, 3.8) is 0 Å². The molecular formula is C22H27N3O4S. The maximum Gasteiger partial charge on any atom is 0.225 e. The first kappa shape index (κ1) is 22.0. The molecule has 0 aliphatic carbocycles. The summed E-state index contributed by atoms with van der Waals surface area (Å²) in [5.74, 6) is -0.341. The first-order valence-corrected chi connectivity index (χ1v) is 11.6. The minimum Gasteiger partial charge on any atom is -0.349 e. The maximum absolute atomic E-state index is 12.8. The van der Waals surface area contributed by atoms with Crippen LogP contribution in [0, 0.1) is 0 Å². The zero-order valence-corrected chi connectivity index (χ0v) is 17.8. The number of amides is 2. The van der Waals surface area contributed by atoms with Crippen molar-refractivity contribution in [2.75, 3.05) is 26.2 Å². The Morgan fingerprint density at radius 1 is 0.933 bits per heavy atom. The molecule has 2 amide bonds. The summed E-state index contributed by atoms with van der Waals surface area (Å²) in [6, 6.07) is 18.0. The predicted octanol–water partition coefficient (Wildman–Crippen LogP) is 1.93. The highest BCUT2D eigenvalue weighted by Crippen LogP contribution is 2.20. The molecule has 1 N–H and O–H groups in total. The van der Waals surface area contributed by atoms with Crippen molar-refractivity contribution in [2.24, 2.45) is 0 Å². The Morgan fingerprint density at radius 3 is 2.07 bits per heavy atom. The second-order valence-electron chi connectivity index (χ2n) is 7.39. The molecule has 8 heteroatoms. The fraction of sp³-hybridized carbons (Fsp3) is 0.364. The normalized spacial score (nSPS) is 16.1. The van der Waals surface area contributed by atoms with Gasteiger partial charge in [0.15, 0.2) is 0 Å². The summed E-state index contributed by atoms with van der Waals surface area (Å²) >= 11 is 0. The lowest BCUT2D eigenvalue weighted by Crippen LogP contribution is -2.51. The van der Waals surface area contributed by atoms with Crippen LogP contribution in [0.25, 0.3) is 0 Å². The molecule has 1 saturated heterocycles. The molecule has 30 heavy (non-hydrogen) atoms. The average molecular weight is 430 g/mol. The highest BCUT2D eigenvalue weighted by atomic mass is 32.2. The van der Waals surface area contributed by atoms with Crippen LogP contribution >= 0.6 is 0 Å². The summed E-state index contributed by atoms with van der Waals surface area (Å²) in [5, 5.41) is 2.83. The van der Waals surface area contributed by atoms with Crippen LogP contribution < -0.4 is 5.32 Å². The van der Waals surface area contributed by atoms with Gasteiger partial charge in [-0.1, -0.05) is 60.7 Å². The van der Waals surface area contributed by atoms with Gasteiger partial charge in [-0.3, -0.25) is 9.59 Å². The largest absolute Gasteiger partial charge is 0.349 e. The van der Waals surface area contributed by atoms with Gasteiger partial charge < -0.3 is 10.2 Å². The third-order valence-electron chi connectivity index (χ3n) is 5.13. The highest BCUT2D eigenvalue weighted by Gasteiger charge is 2.30. The van der Waals surface area contributed by atoms with Crippen LogP contribution in [-0.4, -0.2) is 55.6 Å². The Kier molecular flexibility index (Phi) is 7.23. The van der Waals surface area contributed by atoms with Crippen LogP contribution in [0.2, 0.25) is 0 Å². The molecule has 1 heterocycles. The summed E-state index contributed by atoms with van der Waals surface area (Å²) in [7, 11) is -3.43. The Hall–Kier alpha value is -2.71. The molecule has 2 aromatic rings. The second-order valence-corrected chi connectivity index (χ2v) is 9.36. The number of sulfonamides is 1. The van der Waals surface area contributed by atoms with Gasteiger partial charge in [-0.05, 0) is 11.1 Å². The van der Waals surface area contributed by atoms with Gasteiger partial charge in [0.25, 0.3) is 0 Å². The van der Waals surface area contributed by atoms with Gasteiger partial charge in [0, 0.05) is 33.1 Å². The lowest BCUT2D eigenvalue weighted by molar-refractivity contribution is -0.133. The van der Waals surface area contributed by atoms with Crippen molar-refractivity contribution in [1.29, 1.82) is 0 Å². The Morgan fingerprint density at radius 2 is 1.50 bits per heavy atom. The standard InChI is InChI=1S/C22H27N3O4S/c1-18(26)23-21(20-10-6-3-7-11-20)16-22(27)24-12-14-25(15-13-24)30(28,29)17-19-8-4-2-5-9-19/h2-11,21H,12-17H2,1H3,(H,23,26). The Labute approximate surface area is 177 Å². The predicted molar refractivity (Wildman–Crippen MR) is 115 cm³/mol. The van der Waals surface area contributed by atoms with E-state index in [1.54, 1.807) is 17.0 Å². The highest BCUT2D eigenvalue weighted by molar-refractivity contribution is 7.88. The van der Waals surface area contributed by atoms with Gasteiger partial charge in [-0.15, -0.1) is 0 Å². The zero-order chi connectivity index (χ0) is 21.6. The quantitative estimate of drug-likeness (QED) is 0.729. The molecule has 0 bridgehead atoms. The van der Waals surface area contributed by atoms with Crippen molar-refractivity contribution in [2.45, 2.75) is 25.1 Å². The molecule has 0 saturated carbocycles. The number of carbonyl (C=O) groups is 2. The molecule has 1 unspecified atom stereocenters. The molecule has 0 radical (unpaired) electrons. The van der Waals surface area contributed by atoms with E-state index in [-0.39, 0.29) is 37.1 Å². The molecule has 2 aromatic carbocycles. The van der Waals surface area contributed by atoms with Crippen LogP contribution in [0.5, 0.6) is 0 Å². The minimum atomic E-state index is -3.43. The van der Waals surface area contributed by atoms with Crippen LogP contribution in [0.15, 0.2) is 60.7 Å². The van der Waals surface area contributed by atoms with Gasteiger partial charge >= 0.3 is 0 Å². The van der Waals surface area contributed by atoms with E-state index in [1.807, 2.05) is 48.5 Å². The van der Waals surface area contributed by atoms with Gasteiger partial charge in [0.05, 0.1) is 18.2 Å². The first-order chi connectivity index (χ1) is 14.3. The van der Waals surface area contributed by atoms with Crippen LogP contribution in [0.1, 0.15) is 30.5 Å². The van der Waals surface area contributed by atoms with Crippen molar-refractivity contribution < 1.29 is 18.0 Å². The number of carbonyl (C=O) groups excluding carboxylic acids is 2. The zero-order valence-electron chi connectivity index (χ0n) is 17.0. The number of benzene rings is 2. The fourth-order valence-corrected chi connectivity index (χ4v) is 5.09. The summed E-state index contributed by atoms with van der Waals surface area (Å²) in [6.07, 6.45) is 0.139. The number of hydrogen-bond acceptors (Lipinski definition) is 4. The van der Waals surface area contributed by atoms with E-state index < -0.39 is 16.1 Å². The SMILES string of the molecule is CC(=O)NC(CC(=O)N1CCN(S(=O)(=O)Cc2ccccc2)CC1)c1ccccc1. The molecular weight excluding hydrogens is 402 g/mol. The molecule has 3 rings (SSSR count). The van der Waals surface area contributed by atoms with E-state index in [2.05, 4.69) is 5.32 Å². The van der Waals surface area contributed by atoms with Crippen LogP contribution in [0.4, 0.5) is 0 Å². The molecule has 0 spiro atoms. The number of rotatable bonds is 7. The summed E-state index contributed by atoms with van der Waals surface area (Å²) in [5.41, 5.74) is 1.61. The topological polar surface area (TPSA) is 86.8 Å². The molecule has 1 aliphatic heterocycles. The monoisotopic (exact) mass is 429 g/mol. The van der Waals surface area contributed by atoms with Crippen molar-refractivity contribution in [1.82, 2.24) is 14.5 Å². The van der Waals surface area contributed by atoms with Gasteiger partial charge in [-0.25, -0.2) is 8.42 Å². The first-order valence-electron chi connectivity index (χ1n) is 9.97. The smallest absolute Gasteiger partial charge is 0.225 e. The summed E-state index contributed by atoms with van der Waals surface area (Å²) in [6.45, 7) is 2.66. The van der Waals surface area contributed by atoms with E-state index in [0.717, 1.165) is 11.1 Å². The van der Waals surface area contributed by atoms with E-state index in [0.29, 0.717) is 13.1 Å². The number of nitrogens with zero attached hydrogens (tertiary/aromatic N) is 2. The van der Waals surface area contributed by atoms with E-state index >= 15 is 0 Å². The number of piperazine rings is 1. The van der Waals surface area contributed by atoms with Gasteiger partial charge in [0.2, 0.25) is 21.8 Å². The van der Waals surface area contributed by atoms with Gasteiger partial charge in [-0.2, -0.15) is 4.31 Å². The van der Waals surface area contributed by atoms with Crippen molar-refractivity contribution >= 4 is 21.8 Å². The van der Waals surface area contributed by atoms with E-state index in [4.69, 9.17) is 0 Å². The number of hydrogen-bond donors (Lipinski definition) is 1. The molecule has 1 atom stereocenters. The van der Waals surface area contributed by atoms with E-state index in [9.17, 15) is 18.0 Å².